The molecule has 0 amide bonds. The third kappa shape index (κ3) is 3.16. The van der Waals surface area contributed by atoms with Gasteiger partial charge in [-0.3, -0.25) is 0 Å². The van der Waals surface area contributed by atoms with Crippen molar-refractivity contribution < 1.29 is 4.39 Å². The summed E-state index contributed by atoms with van der Waals surface area (Å²) in [6.45, 7) is 10.9. The standard InChI is InChI=1S/C19H24FN/c1-6-21-19(17-12(2)8-7-9-13(17)3)16-10-14(4)18(20)15(5)11-16/h7-11,19,21H,6H2,1-5H3. The van der Waals surface area contributed by atoms with E-state index in [2.05, 4.69) is 44.3 Å². The van der Waals surface area contributed by atoms with Crippen molar-refractivity contribution >= 4 is 0 Å². The van der Waals surface area contributed by atoms with E-state index >= 15 is 0 Å². The van der Waals surface area contributed by atoms with Gasteiger partial charge in [0.1, 0.15) is 5.82 Å². The fourth-order valence-electron chi connectivity index (χ4n) is 3.02. The Kier molecular flexibility index (Phi) is 4.79. The van der Waals surface area contributed by atoms with E-state index in [1.165, 1.54) is 16.7 Å². The van der Waals surface area contributed by atoms with Crippen LogP contribution in [0.2, 0.25) is 0 Å². The van der Waals surface area contributed by atoms with E-state index in [4.69, 9.17) is 0 Å². The lowest BCUT2D eigenvalue weighted by molar-refractivity contribution is 0.597. The van der Waals surface area contributed by atoms with Gasteiger partial charge in [0, 0.05) is 0 Å². The first-order valence-electron chi connectivity index (χ1n) is 7.51. The number of hydrogen-bond donors (Lipinski definition) is 1. The van der Waals surface area contributed by atoms with Gasteiger partial charge in [0.15, 0.2) is 0 Å². The number of nitrogens with one attached hydrogen (secondary N) is 1. The van der Waals surface area contributed by atoms with Crippen molar-refractivity contribution in [1.82, 2.24) is 5.32 Å². The SMILES string of the molecule is CCNC(c1cc(C)c(F)c(C)c1)c1c(C)cccc1C. The Bertz CT molecular complexity index is 603. The average molecular weight is 285 g/mol. The third-order valence-electron chi connectivity index (χ3n) is 4.03. The summed E-state index contributed by atoms with van der Waals surface area (Å²) in [5.74, 6) is -0.101. The molecule has 2 aromatic rings. The lowest BCUT2D eigenvalue weighted by atomic mass is 9.89. The predicted molar refractivity (Wildman–Crippen MR) is 87.3 cm³/mol. The van der Waals surface area contributed by atoms with Crippen LogP contribution in [-0.2, 0) is 0 Å². The van der Waals surface area contributed by atoms with E-state index in [9.17, 15) is 4.39 Å². The first-order chi connectivity index (χ1) is 9.95. The molecule has 0 radical (unpaired) electrons. The minimum absolute atomic E-state index is 0.101. The predicted octanol–water partition coefficient (Wildman–Crippen LogP) is 4.76. The topological polar surface area (TPSA) is 12.0 Å². The summed E-state index contributed by atoms with van der Waals surface area (Å²) in [4.78, 5) is 0. The molecule has 0 fully saturated rings. The van der Waals surface area contributed by atoms with Crippen molar-refractivity contribution in [2.45, 2.75) is 40.7 Å². The van der Waals surface area contributed by atoms with E-state index in [1.807, 2.05) is 26.0 Å². The Morgan fingerprint density at radius 3 is 1.95 bits per heavy atom. The highest BCUT2D eigenvalue weighted by molar-refractivity contribution is 5.44. The van der Waals surface area contributed by atoms with Crippen molar-refractivity contribution in [3.05, 3.63) is 69.5 Å². The van der Waals surface area contributed by atoms with Gasteiger partial charge in [-0.2, -0.15) is 0 Å². The molecule has 0 aromatic heterocycles. The summed E-state index contributed by atoms with van der Waals surface area (Å²) in [5, 5.41) is 3.55. The summed E-state index contributed by atoms with van der Waals surface area (Å²) in [6.07, 6.45) is 0. The van der Waals surface area contributed by atoms with Crippen LogP contribution in [0.4, 0.5) is 4.39 Å². The summed E-state index contributed by atoms with van der Waals surface area (Å²) < 4.78 is 13.9. The average Bonchev–Trinajstić information content (AvgIpc) is 2.43. The number of aryl methyl sites for hydroxylation is 4. The highest BCUT2D eigenvalue weighted by atomic mass is 19.1. The van der Waals surface area contributed by atoms with Crippen LogP contribution < -0.4 is 5.32 Å². The maximum absolute atomic E-state index is 13.9. The summed E-state index contributed by atoms with van der Waals surface area (Å²) in [7, 11) is 0. The van der Waals surface area contributed by atoms with E-state index in [-0.39, 0.29) is 11.9 Å². The molecule has 1 atom stereocenters. The van der Waals surface area contributed by atoms with Crippen LogP contribution in [0.1, 0.15) is 46.3 Å². The molecule has 112 valence electrons. The van der Waals surface area contributed by atoms with Gasteiger partial charge in [-0.15, -0.1) is 0 Å². The van der Waals surface area contributed by atoms with E-state index in [1.54, 1.807) is 0 Å². The van der Waals surface area contributed by atoms with Crippen LogP contribution in [0.3, 0.4) is 0 Å². The largest absolute Gasteiger partial charge is 0.307 e. The van der Waals surface area contributed by atoms with Crippen LogP contribution in [0.5, 0.6) is 0 Å². The molecule has 0 heterocycles. The van der Waals surface area contributed by atoms with Gasteiger partial charge in [0.25, 0.3) is 0 Å². The second kappa shape index (κ2) is 6.40. The van der Waals surface area contributed by atoms with Crippen LogP contribution in [0.15, 0.2) is 30.3 Å². The molecular formula is C19H24FN. The molecule has 0 bridgehead atoms. The second-order valence-corrected chi connectivity index (χ2v) is 5.76. The van der Waals surface area contributed by atoms with E-state index < -0.39 is 0 Å². The molecule has 2 rings (SSSR count). The van der Waals surface area contributed by atoms with Gasteiger partial charge in [-0.05, 0) is 67.6 Å². The molecule has 0 saturated heterocycles. The molecule has 0 spiro atoms. The van der Waals surface area contributed by atoms with Crippen LogP contribution in [0.25, 0.3) is 0 Å². The third-order valence-corrected chi connectivity index (χ3v) is 4.03. The normalized spacial score (nSPS) is 12.5. The Balaban J connectivity index is 2.59. The maximum atomic E-state index is 13.9. The van der Waals surface area contributed by atoms with Crippen LogP contribution >= 0.6 is 0 Å². The van der Waals surface area contributed by atoms with Crippen molar-refractivity contribution in [3.8, 4) is 0 Å². The van der Waals surface area contributed by atoms with Gasteiger partial charge in [0.2, 0.25) is 0 Å². The molecular weight excluding hydrogens is 261 g/mol. The summed E-state index contributed by atoms with van der Waals surface area (Å²) in [6, 6.07) is 10.4. The van der Waals surface area contributed by atoms with Crippen molar-refractivity contribution in [2.24, 2.45) is 0 Å². The number of rotatable bonds is 4. The minimum atomic E-state index is -0.101. The molecule has 0 aliphatic heterocycles. The zero-order valence-electron chi connectivity index (χ0n) is 13.5. The smallest absolute Gasteiger partial charge is 0.129 e. The zero-order chi connectivity index (χ0) is 15.6. The molecule has 0 saturated carbocycles. The number of hydrogen-bond acceptors (Lipinski definition) is 1. The molecule has 0 aliphatic carbocycles. The monoisotopic (exact) mass is 285 g/mol. The molecule has 2 aromatic carbocycles. The van der Waals surface area contributed by atoms with Gasteiger partial charge in [0.05, 0.1) is 6.04 Å². The van der Waals surface area contributed by atoms with Crippen LogP contribution in [0, 0.1) is 33.5 Å². The highest BCUT2D eigenvalue weighted by Crippen LogP contribution is 2.30. The maximum Gasteiger partial charge on any atom is 0.129 e. The fraction of sp³-hybridized carbons (Fsp3) is 0.368. The number of halogens is 1. The van der Waals surface area contributed by atoms with E-state index in [0.29, 0.717) is 11.1 Å². The molecule has 21 heavy (non-hydrogen) atoms. The lowest BCUT2D eigenvalue weighted by Gasteiger charge is -2.24. The molecule has 1 N–H and O–H groups in total. The quantitative estimate of drug-likeness (QED) is 0.854. The molecule has 0 aliphatic rings. The Morgan fingerprint density at radius 1 is 0.952 bits per heavy atom. The van der Waals surface area contributed by atoms with Crippen molar-refractivity contribution in [3.63, 3.8) is 0 Å². The van der Waals surface area contributed by atoms with Gasteiger partial charge in [-0.25, -0.2) is 4.39 Å². The van der Waals surface area contributed by atoms with Crippen molar-refractivity contribution in [2.75, 3.05) is 6.54 Å². The first kappa shape index (κ1) is 15.7. The van der Waals surface area contributed by atoms with E-state index in [0.717, 1.165) is 12.1 Å². The summed E-state index contributed by atoms with van der Waals surface area (Å²) in [5.41, 5.74) is 6.37. The minimum Gasteiger partial charge on any atom is -0.307 e. The Morgan fingerprint density at radius 2 is 1.48 bits per heavy atom. The molecule has 1 unspecified atom stereocenters. The fourth-order valence-corrected chi connectivity index (χ4v) is 3.02. The molecule has 1 nitrogen and oxygen atoms in total. The molecule has 2 heteroatoms. The lowest BCUT2D eigenvalue weighted by Crippen LogP contribution is -2.24. The van der Waals surface area contributed by atoms with Gasteiger partial charge < -0.3 is 5.32 Å². The second-order valence-electron chi connectivity index (χ2n) is 5.76. The van der Waals surface area contributed by atoms with Gasteiger partial charge >= 0.3 is 0 Å². The Hall–Kier alpha value is -1.67. The Labute approximate surface area is 127 Å². The van der Waals surface area contributed by atoms with Crippen LogP contribution in [-0.4, -0.2) is 6.54 Å². The summed E-state index contributed by atoms with van der Waals surface area (Å²) >= 11 is 0. The van der Waals surface area contributed by atoms with Gasteiger partial charge in [-0.1, -0.05) is 37.3 Å². The zero-order valence-corrected chi connectivity index (χ0v) is 13.5. The number of benzene rings is 2. The highest BCUT2D eigenvalue weighted by Gasteiger charge is 2.19. The first-order valence-corrected chi connectivity index (χ1v) is 7.51. The van der Waals surface area contributed by atoms with Crippen molar-refractivity contribution in [1.29, 1.82) is 0 Å².